The van der Waals surface area contributed by atoms with Crippen LogP contribution in [0.4, 0.5) is 11.4 Å². The Kier molecular flexibility index (Phi) is 4.46. The van der Waals surface area contributed by atoms with Crippen molar-refractivity contribution >= 4 is 40.3 Å². The standard InChI is InChI=1S/C19H18ClN3OS/c1-12-4-7-14(8-5-12)23-18(25)22(17(24)19(23,2)3)15-9-6-13(11-21)16(20)10-15/h4-10,17,24H,1-3H3. The molecule has 4 nitrogen and oxygen atoms in total. The number of aliphatic hydroxyl groups is 1. The molecule has 1 saturated heterocycles. The van der Waals surface area contributed by atoms with E-state index in [0.717, 1.165) is 11.3 Å². The maximum atomic E-state index is 10.9. The Balaban J connectivity index is 2.05. The van der Waals surface area contributed by atoms with Crippen LogP contribution in [0, 0.1) is 18.3 Å². The van der Waals surface area contributed by atoms with Gasteiger partial charge in [0.05, 0.1) is 16.1 Å². The molecule has 1 heterocycles. The van der Waals surface area contributed by atoms with Crippen LogP contribution in [-0.4, -0.2) is 22.0 Å². The van der Waals surface area contributed by atoms with Gasteiger partial charge in [-0.15, -0.1) is 0 Å². The predicted molar refractivity (Wildman–Crippen MR) is 105 cm³/mol. The van der Waals surface area contributed by atoms with Crippen LogP contribution in [0.5, 0.6) is 0 Å². The van der Waals surface area contributed by atoms with Crippen LogP contribution in [0.2, 0.25) is 5.02 Å². The van der Waals surface area contributed by atoms with Crippen molar-refractivity contribution in [3.8, 4) is 6.07 Å². The number of benzene rings is 2. The first-order valence-electron chi connectivity index (χ1n) is 7.85. The van der Waals surface area contributed by atoms with E-state index in [9.17, 15) is 5.11 Å². The molecule has 1 atom stereocenters. The van der Waals surface area contributed by atoms with Crippen molar-refractivity contribution in [2.75, 3.05) is 9.80 Å². The van der Waals surface area contributed by atoms with Gasteiger partial charge in [-0.1, -0.05) is 29.3 Å². The largest absolute Gasteiger partial charge is 0.371 e. The number of halogens is 1. The molecular weight excluding hydrogens is 354 g/mol. The summed E-state index contributed by atoms with van der Waals surface area (Å²) in [7, 11) is 0. The number of nitrogens with zero attached hydrogens (tertiary/aromatic N) is 3. The molecule has 1 fully saturated rings. The molecule has 0 radical (unpaired) electrons. The smallest absolute Gasteiger partial charge is 0.183 e. The number of thiocarbonyl (C=S) groups is 1. The minimum absolute atomic E-state index is 0.335. The molecule has 0 aromatic heterocycles. The molecule has 1 N–H and O–H groups in total. The van der Waals surface area contributed by atoms with Crippen molar-refractivity contribution in [3.63, 3.8) is 0 Å². The van der Waals surface area contributed by atoms with Gasteiger partial charge in [0.2, 0.25) is 0 Å². The summed E-state index contributed by atoms with van der Waals surface area (Å²) >= 11 is 11.8. The van der Waals surface area contributed by atoms with E-state index in [1.165, 1.54) is 0 Å². The van der Waals surface area contributed by atoms with Gasteiger partial charge in [0, 0.05) is 11.4 Å². The molecule has 0 amide bonds. The van der Waals surface area contributed by atoms with Gasteiger partial charge < -0.3 is 10.0 Å². The zero-order valence-corrected chi connectivity index (χ0v) is 15.8. The second-order valence-corrected chi connectivity index (χ2v) is 7.40. The molecule has 2 aromatic rings. The second-order valence-electron chi connectivity index (χ2n) is 6.63. The summed E-state index contributed by atoms with van der Waals surface area (Å²) in [6.07, 6.45) is -0.856. The van der Waals surface area contributed by atoms with E-state index < -0.39 is 11.8 Å². The summed E-state index contributed by atoms with van der Waals surface area (Å²) in [5.41, 5.74) is 2.49. The molecule has 6 heteroatoms. The lowest BCUT2D eigenvalue weighted by Gasteiger charge is -2.33. The first-order valence-corrected chi connectivity index (χ1v) is 8.64. The van der Waals surface area contributed by atoms with E-state index in [4.69, 9.17) is 29.1 Å². The summed E-state index contributed by atoms with van der Waals surface area (Å²) in [6, 6.07) is 15.1. The molecule has 128 valence electrons. The number of aryl methyl sites for hydroxylation is 1. The summed E-state index contributed by atoms with van der Waals surface area (Å²) in [5, 5.41) is 20.8. The van der Waals surface area contributed by atoms with Gasteiger partial charge in [0.25, 0.3) is 0 Å². The summed E-state index contributed by atoms with van der Waals surface area (Å²) in [5.74, 6) is 0. The van der Waals surface area contributed by atoms with Gasteiger partial charge in [0.1, 0.15) is 6.07 Å². The molecule has 2 aromatic carbocycles. The van der Waals surface area contributed by atoms with Crippen LogP contribution in [0.25, 0.3) is 0 Å². The Labute approximate surface area is 157 Å². The first kappa shape index (κ1) is 17.7. The molecule has 1 aliphatic rings. The number of hydrogen-bond donors (Lipinski definition) is 1. The monoisotopic (exact) mass is 371 g/mol. The Morgan fingerprint density at radius 3 is 2.32 bits per heavy atom. The van der Waals surface area contributed by atoms with E-state index >= 15 is 0 Å². The lowest BCUT2D eigenvalue weighted by Crippen LogP contribution is -2.47. The number of hydrogen-bond acceptors (Lipinski definition) is 3. The van der Waals surface area contributed by atoms with Gasteiger partial charge in [-0.05, 0) is 63.3 Å². The van der Waals surface area contributed by atoms with Crippen LogP contribution in [0.1, 0.15) is 25.0 Å². The first-order chi connectivity index (χ1) is 11.8. The molecule has 3 rings (SSSR count). The number of aliphatic hydroxyl groups excluding tert-OH is 1. The van der Waals surface area contributed by atoms with E-state index in [1.54, 1.807) is 23.1 Å². The molecule has 0 bridgehead atoms. The number of nitriles is 1. The van der Waals surface area contributed by atoms with Crippen LogP contribution >= 0.6 is 23.8 Å². The predicted octanol–water partition coefficient (Wildman–Crippen LogP) is 4.23. The molecule has 0 aliphatic carbocycles. The maximum absolute atomic E-state index is 10.9. The average molecular weight is 372 g/mol. The highest BCUT2D eigenvalue weighted by Crippen LogP contribution is 2.39. The summed E-state index contributed by atoms with van der Waals surface area (Å²) in [6.45, 7) is 5.90. The number of anilines is 2. The van der Waals surface area contributed by atoms with Crippen molar-refractivity contribution in [1.82, 2.24) is 0 Å². The third-order valence-corrected chi connectivity index (χ3v) is 5.19. The number of rotatable bonds is 2. The fourth-order valence-electron chi connectivity index (χ4n) is 3.02. The van der Waals surface area contributed by atoms with Crippen molar-refractivity contribution in [2.45, 2.75) is 32.5 Å². The summed E-state index contributed by atoms with van der Waals surface area (Å²) < 4.78 is 0. The third-order valence-electron chi connectivity index (χ3n) is 4.49. The van der Waals surface area contributed by atoms with Crippen LogP contribution in [0.15, 0.2) is 42.5 Å². The molecule has 1 aliphatic heterocycles. The topological polar surface area (TPSA) is 50.5 Å². The fourth-order valence-corrected chi connectivity index (χ4v) is 3.79. The van der Waals surface area contributed by atoms with Gasteiger partial charge in [0.15, 0.2) is 11.3 Å². The highest BCUT2D eigenvalue weighted by atomic mass is 35.5. The van der Waals surface area contributed by atoms with Gasteiger partial charge in [-0.2, -0.15) is 5.26 Å². The average Bonchev–Trinajstić information content (AvgIpc) is 2.74. The SMILES string of the molecule is Cc1ccc(N2C(=S)N(c3ccc(C#N)c(Cl)c3)C(O)C2(C)C)cc1. The van der Waals surface area contributed by atoms with Crippen molar-refractivity contribution in [2.24, 2.45) is 0 Å². The zero-order chi connectivity index (χ0) is 18.4. The second kappa shape index (κ2) is 6.30. The molecule has 0 saturated carbocycles. The van der Waals surface area contributed by atoms with E-state index in [2.05, 4.69) is 0 Å². The molecule has 25 heavy (non-hydrogen) atoms. The Bertz CT molecular complexity index is 873. The van der Waals surface area contributed by atoms with Crippen LogP contribution in [-0.2, 0) is 0 Å². The van der Waals surface area contributed by atoms with Gasteiger partial charge >= 0.3 is 0 Å². The molecule has 1 unspecified atom stereocenters. The van der Waals surface area contributed by atoms with Crippen molar-refractivity contribution < 1.29 is 5.11 Å². The van der Waals surface area contributed by atoms with Crippen LogP contribution < -0.4 is 9.80 Å². The summed E-state index contributed by atoms with van der Waals surface area (Å²) in [4.78, 5) is 3.61. The highest BCUT2D eigenvalue weighted by Gasteiger charge is 2.49. The van der Waals surface area contributed by atoms with Gasteiger partial charge in [-0.25, -0.2) is 0 Å². The molecular formula is C19H18ClN3OS. The Hall–Kier alpha value is -2.13. The lowest BCUT2D eigenvalue weighted by atomic mass is 10.0. The third kappa shape index (κ3) is 2.87. The van der Waals surface area contributed by atoms with Crippen molar-refractivity contribution in [1.29, 1.82) is 5.26 Å². The normalized spacial score (nSPS) is 19.2. The fraction of sp³-hybridized carbons (Fsp3) is 0.263. The highest BCUT2D eigenvalue weighted by molar-refractivity contribution is 7.80. The zero-order valence-electron chi connectivity index (χ0n) is 14.2. The minimum Gasteiger partial charge on any atom is -0.371 e. The van der Waals surface area contributed by atoms with Crippen molar-refractivity contribution in [3.05, 3.63) is 58.6 Å². The van der Waals surface area contributed by atoms with Crippen LogP contribution in [0.3, 0.4) is 0 Å². The minimum atomic E-state index is -0.856. The van der Waals surface area contributed by atoms with Gasteiger partial charge in [-0.3, -0.25) is 4.90 Å². The quantitative estimate of drug-likeness (QED) is 0.800. The Morgan fingerprint density at radius 2 is 1.76 bits per heavy atom. The van der Waals surface area contributed by atoms with E-state index in [-0.39, 0.29) is 0 Å². The van der Waals surface area contributed by atoms with E-state index in [1.807, 2.05) is 56.0 Å². The van der Waals surface area contributed by atoms with E-state index in [0.29, 0.717) is 21.4 Å². The lowest BCUT2D eigenvalue weighted by molar-refractivity contribution is 0.130. The molecule has 0 spiro atoms. The maximum Gasteiger partial charge on any atom is 0.183 e. The Morgan fingerprint density at radius 1 is 1.16 bits per heavy atom.